The van der Waals surface area contributed by atoms with Crippen LogP contribution in [0, 0.1) is 0 Å². The second-order valence-corrected chi connectivity index (χ2v) is 12.8. The molecule has 0 atom stereocenters. The van der Waals surface area contributed by atoms with Crippen LogP contribution in [0.1, 0.15) is 48.1 Å². The Morgan fingerprint density at radius 2 is 1.74 bits per heavy atom. The lowest BCUT2D eigenvalue weighted by molar-refractivity contribution is 0.0982. The van der Waals surface area contributed by atoms with Crippen molar-refractivity contribution in [1.82, 2.24) is 24.8 Å². The molecular formula is C30H41N9O2S. The summed E-state index contributed by atoms with van der Waals surface area (Å²) in [5, 5.41) is 5.07. The molecule has 6 rings (SSSR count). The molecule has 0 radical (unpaired) electrons. The summed E-state index contributed by atoms with van der Waals surface area (Å²) < 4.78 is 5.80. The van der Waals surface area contributed by atoms with Gasteiger partial charge in [0.25, 0.3) is 5.91 Å². The van der Waals surface area contributed by atoms with Crippen LogP contribution in [0.5, 0.6) is 5.75 Å². The van der Waals surface area contributed by atoms with Gasteiger partial charge in [0.2, 0.25) is 5.95 Å². The van der Waals surface area contributed by atoms with Crippen LogP contribution in [0.4, 0.5) is 33.8 Å². The maximum atomic E-state index is 13.3. The van der Waals surface area contributed by atoms with E-state index in [9.17, 15) is 4.79 Å². The highest BCUT2D eigenvalue weighted by Crippen LogP contribution is 2.42. The lowest BCUT2D eigenvalue weighted by Gasteiger charge is -2.42. The summed E-state index contributed by atoms with van der Waals surface area (Å²) in [4.78, 5) is 38.4. The van der Waals surface area contributed by atoms with Crippen LogP contribution in [0.25, 0.3) is 0 Å². The fourth-order valence-corrected chi connectivity index (χ4v) is 7.02. The first-order chi connectivity index (χ1) is 20.2. The number of piperidine rings is 1. The predicted octanol–water partition coefficient (Wildman–Crippen LogP) is 4.38. The minimum atomic E-state index is -0.159. The first-order valence-corrected chi connectivity index (χ1v) is 15.6. The molecular weight excluding hydrogens is 550 g/mol. The predicted molar refractivity (Wildman–Crippen MR) is 170 cm³/mol. The number of rotatable bonds is 6. The van der Waals surface area contributed by atoms with Crippen molar-refractivity contribution < 1.29 is 9.53 Å². The number of carbonyl (C=O) groups excluding carboxylic acids is 1. The van der Waals surface area contributed by atoms with Crippen molar-refractivity contribution >= 4 is 51.1 Å². The van der Waals surface area contributed by atoms with E-state index < -0.39 is 0 Å². The summed E-state index contributed by atoms with van der Waals surface area (Å²) in [6, 6.07) is 6.94. The molecule has 0 spiro atoms. The Bertz CT molecular complexity index is 1440. The molecule has 12 heteroatoms. The maximum Gasteiger partial charge on any atom is 0.279 e. The molecule has 42 heavy (non-hydrogen) atoms. The minimum absolute atomic E-state index is 0.159. The van der Waals surface area contributed by atoms with Crippen molar-refractivity contribution in [3.05, 3.63) is 35.1 Å². The molecule has 2 saturated heterocycles. The second-order valence-electron chi connectivity index (χ2n) is 11.8. The summed E-state index contributed by atoms with van der Waals surface area (Å²) in [5.41, 5.74) is 3.03. The normalized spacial score (nSPS) is 18.7. The average molecular weight is 592 g/mol. The minimum Gasteiger partial charge on any atom is -0.494 e. The highest BCUT2D eigenvalue weighted by Gasteiger charge is 2.33. The third kappa shape index (κ3) is 5.38. The van der Waals surface area contributed by atoms with E-state index in [-0.39, 0.29) is 11.8 Å². The highest BCUT2D eigenvalue weighted by molar-refractivity contribution is 7.16. The summed E-state index contributed by atoms with van der Waals surface area (Å²) in [5.74, 6) is 1.87. The molecule has 0 aliphatic carbocycles. The maximum absolute atomic E-state index is 13.3. The largest absolute Gasteiger partial charge is 0.494 e. The van der Waals surface area contributed by atoms with Crippen molar-refractivity contribution in [3.8, 4) is 5.75 Å². The number of piperazine rings is 1. The van der Waals surface area contributed by atoms with E-state index in [1.54, 1.807) is 25.3 Å². The van der Waals surface area contributed by atoms with Crippen LogP contribution >= 0.6 is 11.3 Å². The Morgan fingerprint density at radius 1 is 1.00 bits per heavy atom. The average Bonchev–Trinajstić information content (AvgIpc) is 3.44. The first kappa shape index (κ1) is 28.6. The Hall–Kier alpha value is -3.48. The number of ether oxygens (including phenoxy) is 1. The zero-order valence-electron chi connectivity index (χ0n) is 25.4. The standard InChI is InChI=1S/C30H41N9O2S/c1-19(2)27-33-25-28(40)36(4)23-18-31-30(34-26(23)37(5)29(25)42-27)32-22-8-7-21(17-24(22)41-6)38-11-9-20(10-12-38)39-15-13-35(3)14-16-39/h7-8,17-20H,9-16H2,1-6H3,(H,31,32,34). The molecule has 5 heterocycles. The zero-order chi connectivity index (χ0) is 29.5. The van der Waals surface area contributed by atoms with Gasteiger partial charge in [-0.05, 0) is 32.0 Å². The van der Waals surface area contributed by atoms with E-state index in [0.29, 0.717) is 29.2 Å². The lowest BCUT2D eigenvalue weighted by atomic mass is 10.0. The number of fused-ring (bicyclic) bond motifs is 2. The van der Waals surface area contributed by atoms with Crippen LogP contribution < -0.4 is 24.8 Å². The van der Waals surface area contributed by atoms with Gasteiger partial charge in [-0.3, -0.25) is 9.69 Å². The Balaban J connectivity index is 1.19. The molecule has 2 fully saturated rings. The lowest BCUT2D eigenvalue weighted by Crippen LogP contribution is -2.52. The molecule has 11 nitrogen and oxygen atoms in total. The number of hydrogen-bond donors (Lipinski definition) is 1. The topological polar surface area (TPSA) is 93.2 Å². The molecule has 1 aromatic carbocycles. The third-order valence-corrected chi connectivity index (χ3v) is 10.1. The molecule has 1 amide bonds. The van der Waals surface area contributed by atoms with Crippen molar-refractivity contribution in [3.63, 3.8) is 0 Å². The van der Waals surface area contributed by atoms with Gasteiger partial charge in [0, 0.05) is 77.1 Å². The van der Waals surface area contributed by atoms with Crippen LogP contribution in [-0.4, -0.2) is 104 Å². The van der Waals surface area contributed by atoms with Crippen molar-refractivity contribution in [2.75, 3.05) is 87.5 Å². The van der Waals surface area contributed by atoms with Crippen LogP contribution in [0.2, 0.25) is 0 Å². The van der Waals surface area contributed by atoms with Gasteiger partial charge in [-0.25, -0.2) is 9.97 Å². The SMILES string of the molecule is COc1cc(N2CCC(N3CCN(C)CC3)CC2)ccc1Nc1ncc2c(n1)N(C)c1sc(C(C)C)nc1C(=O)N2C. The number of thiazole rings is 1. The summed E-state index contributed by atoms with van der Waals surface area (Å²) in [6.07, 6.45) is 4.05. The fourth-order valence-electron chi connectivity index (χ4n) is 5.99. The number of benzene rings is 1. The number of carbonyl (C=O) groups is 1. The highest BCUT2D eigenvalue weighted by atomic mass is 32.1. The molecule has 3 aliphatic heterocycles. The van der Waals surface area contributed by atoms with E-state index in [4.69, 9.17) is 9.72 Å². The molecule has 3 aliphatic rings. The van der Waals surface area contributed by atoms with Crippen LogP contribution in [0.3, 0.4) is 0 Å². The molecule has 224 valence electrons. The number of amides is 1. The van der Waals surface area contributed by atoms with Gasteiger partial charge in [0.1, 0.15) is 16.4 Å². The summed E-state index contributed by atoms with van der Waals surface area (Å²) in [7, 11) is 7.56. The Kier molecular flexibility index (Phi) is 7.95. The number of aromatic nitrogens is 3. The molecule has 1 N–H and O–H groups in total. The number of nitrogens with zero attached hydrogens (tertiary/aromatic N) is 8. The van der Waals surface area contributed by atoms with Crippen LogP contribution in [0.15, 0.2) is 24.4 Å². The zero-order valence-corrected chi connectivity index (χ0v) is 26.2. The molecule has 3 aromatic rings. The number of hydrogen-bond acceptors (Lipinski definition) is 11. The van der Waals surface area contributed by atoms with E-state index in [1.807, 2.05) is 18.0 Å². The van der Waals surface area contributed by atoms with Gasteiger partial charge in [-0.15, -0.1) is 11.3 Å². The quantitative estimate of drug-likeness (QED) is 0.445. The third-order valence-electron chi connectivity index (χ3n) is 8.68. The molecule has 0 unspecified atom stereocenters. The van der Waals surface area contributed by atoms with Gasteiger partial charge < -0.3 is 29.7 Å². The van der Waals surface area contributed by atoms with Gasteiger partial charge >= 0.3 is 0 Å². The number of methoxy groups -OCH3 is 1. The van der Waals surface area contributed by atoms with Gasteiger partial charge in [-0.2, -0.15) is 4.98 Å². The summed E-state index contributed by atoms with van der Waals surface area (Å²) in [6.45, 7) is 10.9. The molecule has 0 saturated carbocycles. The summed E-state index contributed by atoms with van der Waals surface area (Å²) >= 11 is 1.53. The van der Waals surface area contributed by atoms with E-state index >= 15 is 0 Å². The van der Waals surface area contributed by atoms with Gasteiger partial charge in [-0.1, -0.05) is 13.8 Å². The Labute approximate surface area is 252 Å². The van der Waals surface area contributed by atoms with Crippen molar-refractivity contribution in [2.24, 2.45) is 0 Å². The van der Waals surface area contributed by atoms with E-state index in [0.717, 1.165) is 53.3 Å². The molecule has 2 aromatic heterocycles. The number of nitrogens with one attached hydrogen (secondary N) is 1. The second kappa shape index (κ2) is 11.7. The number of anilines is 6. The van der Waals surface area contributed by atoms with Crippen LogP contribution in [-0.2, 0) is 0 Å². The smallest absolute Gasteiger partial charge is 0.279 e. The van der Waals surface area contributed by atoms with E-state index in [1.165, 1.54) is 37.3 Å². The molecule has 0 bridgehead atoms. The fraction of sp³-hybridized carbons (Fsp3) is 0.533. The number of likely N-dealkylation sites (N-methyl/N-ethyl adjacent to an activating group) is 1. The van der Waals surface area contributed by atoms with E-state index in [2.05, 4.69) is 63.0 Å². The first-order valence-electron chi connectivity index (χ1n) is 14.8. The monoisotopic (exact) mass is 591 g/mol. The van der Waals surface area contributed by atoms with Crippen molar-refractivity contribution in [2.45, 2.75) is 38.6 Å². The van der Waals surface area contributed by atoms with Gasteiger partial charge in [0.05, 0.1) is 24.0 Å². The Morgan fingerprint density at radius 3 is 2.43 bits per heavy atom. The van der Waals surface area contributed by atoms with Gasteiger partial charge in [0.15, 0.2) is 11.5 Å². The van der Waals surface area contributed by atoms with Crippen molar-refractivity contribution in [1.29, 1.82) is 0 Å².